The second-order valence-electron chi connectivity index (χ2n) is 23.2. The van der Waals surface area contributed by atoms with E-state index in [1.165, 1.54) is 135 Å². The zero-order chi connectivity index (χ0) is 47.1. The third-order valence-corrected chi connectivity index (χ3v) is 19.2. The van der Waals surface area contributed by atoms with Gasteiger partial charge in [0.05, 0.1) is 38.1 Å². The van der Waals surface area contributed by atoms with Crippen molar-refractivity contribution in [1.82, 2.24) is 14.7 Å². The van der Waals surface area contributed by atoms with Gasteiger partial charge in [0, 0.05) is 19.6 Å². The summed E-state index contributed by atoms with van der Waals surface area (Å²) in [5.74, 6) is 3.49. The summed E-state index contributed by atoms with van der Waals surface area (Å²) >= 11 is 0. The van der Waals surface area contributed by atoms with Gasteiger partial charge in [-0.3, -0.25) is 0 Å². The Kier molecular flexibility index (Phi) is 18.8. The number of aliphatic hydroxyl groups is 3. The SMILES string of the molecule is OC1CN2CCC1CC2.O[C@@](CO[C@@H]1CN2CCC1CC2)(c1ccccc1)C1CCCC1.O[C@](CO[C@@H]1CN2CCC1CC2)(c1ccccc1)C1CCCC1.[H-].[Na+].c1ccc(C2(C3CCCC3)CO2)cc1. The Morgan fingerprint density at radius 1 is 0.500 bits per heavy atom. The van der Waals surface area contributed by atoms with Crippen LogP contribution in [0.5, 0.6) is 0 Å². The molecule has 380 valence electrons. The van der Waals surface area contributed by atoms with Crippen molar-refractivity contribution in [3.63, 3.8) is 0 Å². The fourth-order valence-electron chi connectivity index (χ4n) is 14.6. The first kappa shape index (κ1) is 53.1. The number of aliphatic hydroxyl groups excluding tert-OH is 1. The molecular formula is C60H88N3NaO6. The van der Waals surface area contributed by atoms with Crippen molar-refractivity contribution < 1.29 is 60.5 Å². The minimum atomic E-state index is -0.816. The second kappa shape index (κ2) is 24.8. The predicted octanol–water partition coefficient (Wildman–Crippen LogP) is 6.64. The molecule has 10 aliphatic heterocycles. The van der Waals surface area contributed by atoms with Crippen LogP contribution in [0.15, 0.2) is 91.0 Å². The van der Waals surface area contributed by atoms with Crippen LogP contribution in [0, 0.1) is 35.5 Å². The van der Waals surface area contributed by atoms with E-state index >= 15 is 0 Å². The summed E-state index contributed by atoms with van der Waals surface area (Å²) in [6, 6.07) is 31.2. The van der Waals surface area contributed by atoms with Gasteiger partial charge in [0.2, 0.25) is 0 Å². The molecule has 13 fully saturated rings. The Labute approximate surface area is 445 Å². The number of ether oxygens (including phenoxy) is 3. The molecule has 13 aliphatic rings. The van der Waals surface area contributed by atoms with E-state index in [4.69, 9.17) is 14.2 Å². The van der Waals surface area contributed by atoms with Gasteiger partial charge < -0.3 is 45.7 Å². The van der Waals surface area contributed by atoms with E-state index in [-0.39, 0.29) is 42.7 Å². The summed E-state index contributed by atoms with van der Waals surface area (Å²) in [5, 5.41) is 32.4. The molecule has 0 spiro atoms. The standard InChI is InChI=1S/2C20H29NO2.C13H16O.C7H13NO.Na.H/c2*22-20(18-8-4-5-9-18,17-6-2-1-3-7-17)15-23-19-14-21-12-10-16(19)11-13-21;1-2-6-11(7-3-1)13(10-14-13)12-8-4-5-9-12;9-7-5-8-3-1-6(7)2-4-8;;/h2*1-3,6-7,16,18-19,22H,4-5,8-15H2;1-3,6-7,12H,4-5,8-10H2;6-7,9H,1-5H2;;/q;;;;+1;-1/t19-,20+;19-,20-;;;;/m11..../s1. The van der Waals surface area contributed by atoms with Crippen LogP contribution < -0.4 is 29.6 Å². The zero-order valence-corrected chi connectivity index (χ0v) is 45.0. The molecule has 0 radical (unpaired) electrons. The van der Waals surface area contributed by atoms with Crippen LogP contribution in [0.25, 0.3) is 0 Å². The maximum Gasteiger partial charge on any atom is 1.00 e. The largest absolute Gasteiger partial charge is 1.00 e. The van der Waals surface area contributed by atoms with Crippen LogP contribution in [-0.4, -0.2) is 127 Å². The zero-order valence-electron chi connectivity index (χ0n) is 44.0. The second-order valence-corrected chi connectivity index (χ2v) is 23.2. The van der Waals surface area contributed by atoms with Gasteiger partial charge in [0.15, 0.2) is 0 Å². The molecule has 3 aromatic carbocycles. The Hall–Kier alpha value is -1.70. The van der Waals surface area contributed by atoms with Crippen molar-refractivity contribution in [2.75, 3.05) is 78.7 Å². The van der Waals surface area contributed by atoms with Crippen molar-refractivity contribution in [1.29, 1.82) is 0 Å². The number of benzene rings is 3. The van der Waals surface area contributed by atoms with Crippen molar-refractivity contribution in [3.05, 3.63) is 108 Å². The van der Waals surface area contributed by atoms with Gasteiger partial charge in [-0.05, 0) is 169 Å². The molecule has 10 saturated heterocycles. The topological polar surface area (TPSA) is 101 Å². The molecule has 3 saturated carbocycles. The monoisotopic (exact) mass is 970 g/mol. The minimum absolute atomic E-state index is 0. The molecule has 16 rings (SSSR count). The molecule has 6 bridgehead atoms. The number of fused-ring (bicyclic) bond motifs is 9. The minimum Gasteiger partial charge on any atom is -1.00 e. The average Bonchev–Trinajstić information content (AvgIpc) is 3.91. The van der Waals surface area contributed by atoms with Crippen LogP contribution in [0.2, 0.25) is 0 Å². The van der Waals surface area contributed by atoms with Crippen molar-refractivity contribution in [2.24, 2.45) is 35.5 Å². The molecule has 2 unspecified atom stereocenters. The molecular weight excluding hydrogens is 882 g/mol. The molecule has 0 amide bonds. The van der Waals surface area contributed by atoms with E-state index in [2.05, 4.69) is 69.3 Å². The van der Waals surface area contributed by atoms with E-state index in [9.17, 15) is 15.3 Å². The van der Waals surface area contributed by atoms with Gasteiger partial charge in [-0.25, -0.2) is 0 Å². The average molecular weight is 970 g/mol. The summed E-state index contributed by atoms with van der Waals surface area (Å²) in [4.78, 5) is 7.38. The molecule has 3 N–H and O–H groups in total. The van der Waals surface area contributed by atoms with E-state index < -0.39 is 11.2 Å². The van der Waals surface area contributed by atoms with Crippen LogP contribution >= 0.6 is 0 Å². The van der Waals surface area contributed by atoms with Crippen molar-refractivity contribution in [3.8, 4) is 0 Å². The van der Waals surface area contributed by atoms with Gasteiger partial charge in [-0.15, -0.1) is 0 Å². The number of hydrogen-bond acceptors (Lipinski definition) is 9. The quantitative estimate of drug-likeness (QED) is 0.136. The first-order chi connectivity index (χ1) is 33.8. The third kappa shape index (κ3) is 12.5. The Morgan fingerprint density at radius 3 is 1.17 bits per heavy atom. The molecule has 70 heavy (non-hydrogen) atoms. The van der Waals surface area contributed by atoms with Gasteiger partial charge in [-0.1, -0.05) is 130 Å². The summed E-state index contributed by atoms with van der Waals surface area (Å²) < 4.78 is 18.5. The van der Waals surface area contributed by atoms with Gasteiger partial charge >= 0.3 is 29.6 Å². The van der Waals surface area contributed by atoms with Crippen LogP contribution in [0.1, 0.15) is 134 Å². The molecule has 6 atom stereocenters. The van der Waals surface area contributed by atoms with E-state index in [1.54, 1.807) is 0 Å². The van der Waals surface area contributed by atoms with E-state index in [1.807, 2.05) is 36.4 Å². The summed E-state index contributed by atoms with van der Waals surface area (Å²) in [6.07, 6.45) is 23.0. The maximum atomic E-state index is 11.5. The van der Waals surface area contributed by atoms with Gasteiger partial charge in [-0.2, -0.15) is 0 Å². The van der Waals surface area contributed by atoms with E-state index in [0.717, 1.165) is 69.0 Å². The van der Waals surface area contributed by atoms with Gasteiger partial charge in [0.25, 0.3) is 0 Å². The molecule has 10 heteroatoms. The predicted molar refractivity (Wildman–Crippen MR) is 275 cm³/mol. The maximum absolute atomic E-state index is 11.5. The van der Waals surface area contributed by atoms with Gasteiger partial charge in [0.1, 0.15) is 16.8 Å². The molecule has 3 aromatic rings. The first-order valence-corrected chi connectivity index (χ1v) is 28.1. The van der Waals surface area contributed by atoms with Crippen molar-refractivity contribution in [2.45, 2.75) is 151 Å². The first-order valence-electron chi connectivity index (χ1n) is 28.1. The molecule has 9 nitrogen and oxygen atoms in total. The van der Waals surface area contributed by atoms with Crippen molar-refractivity contribution >= 4 is 0 Å². The summed E-state index contributed by atoms with van der Waals surface area (Å²) in [5.41, 5.74) is 1.96. The summed E-state index contributed by atoms with van der Waals surface area (Å²) in [6.45, 7) is 12.3. The molecule has 10 heterocycles. The van der Waals surface area contributed by atoms with Crippen LogP contribution in [0.4, 0.5) is 0 Å². The van der Waals surface area contributed by atoms with Crippen LogP contribution in [-0.2, 0) is 31.0 Å². The molecule has 3 aliphatic carbocycles. The fraction of sp³-hybridized carbons (Fsp3) is 0.700. The summed E-state index contributed by atoms with van der Waals surface area (Å²) in [7, 11) is 0. The molecule has 0 aromatic heterocycles. The normalized spacial score (nSPS) is 34.9. The number of piperidine rings is 9. The Morgan fingerprint density at radius 2 is 0.857 bits per heavy atom. The number of nitrogens with zero attached hydrogens (tertiary/aromatic N) is 3. The number of hydrogen-bond donors (Lipinski definition) is 3. The Balaban J connectivity index is 0.000000132. The smallest absolute Gasteiger partial charge is 1.00 e. The number of rotatable bonds is 12. The fourth-order valence-corrected chi connectivity index (χ4v) is 14.6. The third-order valence-electron chi connectivity index (χ3n) is 19.2. The Bertz CT molecular complexity index is 1880. The van der Waals surface area contributed by atoms with E-state index in [0.29, 0.717) is 55.0 Å². The number of epoxide rings is 1. The van der Waals surface area contributed by atoms with Crippen LogP contribution in [0.3, 0.4) is 0 Å².